The largest absolute Gasteiger partial charge is 0.478 e. The summed E-state index contributed by atoms with van der Waals surface area (Å²) in [5, 5.41) is 8.77. The lowest BCUT2D eigenvalue weighted by Gasteiger charge is -1.86. The van der Waals surface area contributed by atoms with E-state index in [0.29, 0.717) is 5.76 Å². The van der Waals surface area contributed by atoms with Gasteiger partial charge in [-0.05, 0) is 18.2 Å². The van der Waals surface area contributed by atoms with Crippen molar-refractivity contribution >= 4 is 28.9 Å². The van der Waals surface area contributed by atoms with Gasteiger partial charge in [0.2, 0.25) is 0 Å². The lowest BCUT2D eigenvalue weighted by molar-refractivity contribution is 0.0697. The molecule has 2 aromatic rings. The van der Waals surface area contributed by atoms with Crippen molar-refractivity contribution in [3.05, 3.63) is 34.4 Å². The van der Waals surface area contributed by atoms with Gasteiger partial charge >= 0.3 is 5.97 Å². The SMILES string of the molecule is O=C(O)c1cc(-c2ccco2)sc1Cl. The van der Waals surface area contributed by atoms with Gasteiger partial charge in [-0.2, -0.15) is 0 Å². The van der Waals surface area contributed by atoms with Gasteiger partial charge in [-0.15, -0.1) is 11.3 Å². The van der Waals surface area contributed by atoms with Crippen LogP contribution in [-0.4, -0.2) is 11.1 Å². The zero-order valence-electron chi connectivity index (χ0n) is 6.86. The molecule has 72 valence electrons. The maximum absolute atomic E-state index is 10.7. The van der Waals surface area contributed by atoms with E-state index in [4.69, 9.17) is 21.1 Å². The summed E-state index contributed by atoms with van der Waals surface area (Å²) in [6.45, 7) is 0. The number of aromatic carboxylic acids is 1. The lowest BCUT2D eigenvalue weighted by Crippen LogP contribution is -1.92. The fraction of sp³-hybridized carbons (Fsp3) is 0. The van der Waals surface area contributed by atoms with Crippen LogP contribution in [0.4, 0.5) is 0 Å². The molecule has 3 nitrogen and oxygen atoms in total. The highest BCUT2D eigenvalue weighted by Crippen LogP contribution is 2.34. The normalized spacial score (nSPS) is 10.4. The van der Waals surface area contributed by atoms with E-state index in [1.165, 1.54) is 23.7 Å². The van der Waals surface area contributed by atoms with Crippen LogP contribution in [0.3, 0.4) is 0 Å². The minimum Gasteiger partial charge on any atom is -0.478 e. The highest BCUT2D eigenvalue weighted by atomic mass is 35.5. The Balaban J connectivity index is 2.48. The third-order valence-electron chi connectivity index (χ3n) is 1.68. The van der Waals surface area contributed by atoms with Gasteiger partial charge in [0.1, 0.15) is 10.1 Å². The van der Waals surface area contributed by atoms with Gasteiger partial charge < -0.3 is 9.52 Å². The summed E-state index contributed by atoms with van der Waals surface area (Å²) in [7, 11) is 0. The minimum atomic E-state index is -1.02. The van der Waals surface area contributed by atoms with E-state index in [9.17, 15) is 4.79 Å². The van der Waals surface area contributed by atoms with Crippen molar-refractivity contribution in [1.29, 1.82) is 0 Å². The zero-order chi connectivity index (χ0) is 10.1. The molecule has 14 heavy (non-hydrogen) atoms. The maximum Gasteiger partial charge on any atom is 0.338 e. The number of hydrogen-bond acceptors (Lipinski definition) is 3. The Morgan fingerprint density at radius 2 is 2.36 bits per heavy atom. The first-order valence-electron chi connectivity index (χ1n) is 3.75. The molecule has 0 saturated heterocycles. The fourth-order valence-electron chi connectivity index (χ4n) is 1.05. The number of carbonyl (C=O) groups is 1. The van der Waals surface area contributed by atoms with E-state index in [0.717, 1.165) is 4.88 Å². The van der Waals surface area contributed by atoms with Crippen LogP contribution >= 0.6 is 22.9 Å². The third-order valence-corrected chi connectivity index (χ3v) is 3.05. The molecule has 0 aromatic carbocycles. The van der Waals surface area contributed by atoms with Crippen molar-refractivity contribution in [2.24, 2.45) is 0 Å². The second kappa shape index (κ2) is 3.48. The van der Waals surface area contributed by atoms with E-state index in [1.807, 2.05) is 0 Å². The van der Waals surface area contributed by atoms with Crippen molar-refractivity contribution in [1.82, 2.24) is 0 Å². The smallest absolute Gasteiger partial charge is 0.338 e. The highest BCUT2D eigenvalue weighted by molar-refractivity contribution is 7.19. The van der Waals surface area contributed by atoms with Crippen LogP contribution in [0.15, 0.2) is 28.9 Å². The average Bonchev–Trinajstić information content (AvgIpc) is 2.70. The Bertz CT molecular complexity index is 458. The summed E-state index contributed by atoms with van der Waals surface area (Å²) < 4.78 is 5.39. The van der Waals surface area contributed by atoms with Crippen molar-refractivity contribution < 1.29 is 14.3 Å². The van der Waals surface area contributed by atoms with Crippen molar-refractivity contribution in [2.45, 2.75) is 0 Å². The van der Waals surface area contributed by atoms with E-state index in [2.05, 4.69) is 0 Å². The molecule has 0 aliphatic heterocycles. The van der Waals surface area contributed by atoms with Crippen LogP contribution in [0.5, 0.6) is 0 Å². The monoisotopic (exact) mass is 228 g/mol. The molecule has 5 heteroatoms. The molecule has 1 N–H and O–H groups in total. The average molecular weight is 229 g/mol. The molecule has 0 unspecified atom stereocenters. The minimum absolute atomic E-state index is 0.114. The summed E-state index contributed by atoms with van der Waals surface area (Å²) in [6.07, 6.45) is 1.53. The topological polar surface area (TPSA) is 50.4 Å². The van der Waals surface area contributed by atoms with E-state index in [1.54, 1.807) is 12.1 Å². The zero-order valence-corrected chi connectivity index (χ0v) is 8.43. The quantitative estimate of drug-likeness (QED) is 0.858. The number of hydrogen-bond donors (Lipinski definition) is 1. The Morgan fingerprint density at radius 1 is 1.57 bits per heavy atom. The Morgan fingerprint density at radius 3 is 2.86 bits per heavy atom. The maximum atomic E-state index is 10.7. The van der Waals surface area contributed by atoms with Crippen molar-refractivity contribution in [3.63, 3.8) is 0 Å². The van der Waals surface area contributed by atoms with E-state index in [-0.39, 0.29) is 9.90 Å². The number of halogens is 1. The molecule has 0 amide bonds. The summed E-state index contributed by atoms with van der Waals surface area (Å²) >= 11 is 6.94. The van der Waals surface area contributed by atoms with E-state index >= 15 is 0 Å². The van der Waals surface area contributed by atoms with Gasteiger partial charge in [-0.25, -0.2) is 4.79 Å². The Labute approximate surface area is 88.5 Å². The molecule has 0 saturated carbocycles. The number of rotatable bonds is 2. The van der Waals surface area contributed by atoms with Gasteiger partial charge in [-0.3, -0.25) is 0 Å². The van der Waals surface area contributed by atoms with Crippen LogP contribution in [0.2, 0.25) is 4.34 Å². The van der Waals surface area contributed by atoms with Gasteiger partial charge in [-0.1, -0.05) is 11.6 Å². The van der Waals surface area contributed by atoms with Gasteiger partial charge in [0.05, 0.1) is 16.7 Å². The molecule has 0 atom stereocenters. The fourth-order valence-corrected chi connectivity index (χ4v) is 2.28. The molecule has 0 bridgehead atoms. The molecular formula is C9H5ClO3S. The van der Waals surface area contributed by atoms with Crippen LogP contribution < -0.4 is 0 Å². The lowest BCUT2D eigenvalue weighted by atomic mass is 10.3. The number of furan rings is 1. The van der Waals surface area contributed by atoms with E-state index < -0.39 is 5.97 Å². The van der Waals surface area contributed by atoms with Crippen LogP contribution in [0.25, 0.3) is 10.6 Å². The summed E-state index contributed by atoms with van der Waals surface area (Å²) in [4.78, 5) is 11.4. The molecule has 0 spiro atoms. The van der Waals surface area contributed by atoms with Crippen LogP contribution in [-0.2, 0) is 0 Å². The number of carboxylic acids is 1. The van der Waals surface area contributed by atoms with Crippen molar-refractivity contribution in [3.8, 4) is 10.6 Å². The number of carboxylic acid groups (broad SMARTS) is 1. The molecule has 2 aromatic heterocycles. The van der Waals surface area contributed by atoms with Gasteiger partial charge in [0, 0.05) is 0 Å². The molecule has 0 fully saturated rings. The first-order valence-corrected chi connectivity index (χ1v) is 4.94. The van der Waals surface area contributed by atoms with Gasteiger partial charge in [0.25, 0.3) is 0 Å². The van der Waals surface area contributed by atoms with Gasteiger partial charge in [0.15, 0.2) is 0 Å². The van der Waals surface area contributed by atoms with Crippen LogP contribution in [0, 0.1) is 0 Å². The second-order valence-electron chi connectivity index (χ2n) is 2.58. The third kappa shape index (κ3) is 1.54. The first kappa shape index (κ1) is 9.30. The standard InChI is InChI=1S/C9H5ClO3S/c10-8-5(9(11)12)4-7(14-8)6-2-1-3-13-6/h1-4H,(H,11,12). The predicted molar refractivity (Wildman–Crippen MR) is 54.0 cm³/mol. The van der Waals surface area contributed by atoms with Crippen LogP contribution in [0.1, 0.15) is 10.4 Å². The predicted octanol–water partition coefficient (Wildman–Crippen LogP) is 3.36. The molecular weight excluding hydrogens is 224 g/mol. The second-order valence-corrected chi connectivity index (χ2v) is 4.23. The highest BCUT2D eigenvalue weighted by Gasteiger charge is 2.15. The number of thiophene rings is 1. The Kier molecular flexibility index (Phi) is 2.31. The summed E-state index contributed by atoms with van der Waals surface area (Å²) in [5.74, 6) is -0.395. The van der Waals surface area contributed by atoms with Crippen molar-refractivity contribution in [2.75, 3.05) is 0 Å². The Hall–Kier alpha value is -1.26. The first-order chi connectivity index (χ1) is 6.68. The molecule has 2 rings (SSSR count). The molecule has 2 heterocycles. The summed E-state index contributed by atoms with van der Waals surface area (Å²) in [6, 6.07) is 5.01. The summed E-state index contributed by atoms with van der Waals surface area (Å²) in [5.41, 5.74) is 0.114. The molecule has 0 aliphatic carbocycles. The molecule has 0 aliphatic rings. The molecule has 0 radical (unpaired) electrons.